The number of ketones is 1. The van der Waals surface area contributed by atoms with Gasteiger partial charge >= 0.3 is 0 Å². The van der Waals surface area contributed by atoms with E-state index in [0.29, 0.717) is 61.6 Å². The van der Waals surface area contributed by atoms with Crippen molar-refractivity contribution < 1.29 is 28.9 Å². The molecule has 8 nitrogen and oxygen atoms in total. The lowest BCUT2D eigenvalue weighted by atomic mass is 10.00. The van der Waals surface area contributed by atoms with E-state index in [9.17, 15) is 14.7 Å². The van der Waals surface area contributed by atoms with Crippen LogP contribution in [0.25, 0.3) is 0 Å². The molecule has 1 aliphatic heterocycles. The lowest BCUT2D eigenvalue weighted by molar-refractivity contribution is -0.123. The quantitative estimate of drug-likeness (QED) is 0.165. The van der Waals surface area contributed by atoms with Gasteiger partial charge in [-0.05, 0) is 80.7 Å². The Morgan fingerprint density at radius 3 is 2.22 bits per heavy atom. The average molecular weight is 569 g/mol. The van der Waals surface area contributed by atoms with Crippen molar-refractivity contribution in [3.63, 3.8) is 0 Å². The standard InChI is InChI=1S/C33H48N2O6/c1-4-6-19-35(20-7-5-2)24-28(33(38)26-15-18-30-31(23-26)41-22-21-40-30)34-32(37)12-10-8-9-11-29(36)25-13-16-27(39-3)17-14-25/h13-18,23,28,33,38H,4-12,19-22,24H2,1-3H3,(H,34,37)/t28-,33?/m1/s1. The van der Waals surface area contributed by atoms with E-state index in [1.54, 1.807) is 31.4 Å². The highest BCUT2D eigenvalue weighted by Crippen LogP contribution is 2.33. The molecule has 1 unspecified atom stereocenters. The van der Waals surface area contributed by atoms with E-state index in [4.69, 9.17) is 14.2 Å². The lowest BCUT2D eigenvalue weighted by Crippen LogP contribution is -2.47. The van der Waals surface area contributed by atoms with Gasteiger partial charge in [-0.3, -0.25) is 9.59 Å². The number of nitrogens with one attached hydrogen (secondary N) is 1. The summed E-state index contributed by atoms with van der Waals surface area (Å²) in [6, 6.07) is 12.2. The number of rotatable bonds is 19. The number of nitrogens with zero attached hydrogens (tertiary/aromatic N) is 1. The molecule has 0 bridgehead atoms. The van der Waals surface area contributed by atoms with Gasteiger partial charge in [0.2, 0.25) is 5.91 Å². The van der Waals surface area contributed by atoms with Crippen molar-refractivity contribution in [3.05, 3.63) is 53.6 Å². The lowest BCUT2D eigenvalue weighted by Gasteiger charge is -2.31. The number of fused-ring (bicyclic) bond motifs is 1. The van der Waals surface area contributed by atoms with Crippen LogP contribution in [0.2, 0.25) is 0 Å². The van der Waals surface area contributed by atoms with Crippen molar-refractivity contribution in [1.82, 2.24) is 10.2 Å². The molecule has 0 saturated heterocycles. The third-order valence-corrected chi connectivity index (χ3v) is 7.47. The smallest absolute Gasteiger partial charge is 0.220 e. The molecule has 1 heterocycles. The number of methoxy groups -OCH3 is 1. The number of carbonyl (C=O) groups is 2. The molecular formula is C33H48N2O6. The summed E-state index contributed by atoms with van der Waals surface area (Å²) in [5.41, 5.74) is 1.37. The topological polar surface area (TPSA) is 97.3 Å². The summed E-state index contributed by atoms with van der Waals surface area (Å²) in [7, 11) is 1.60. The zero-order valence-corrected chi connectivity index (χ0v) is 25.0. The van der Waals surface area contributed by atoms with Crippen molar-refractivity contribution >= 4 is 11.7 Å². The number of ether oxygens (including phenoxy) is 3. The maximum atomic E-state index is 13.0. The number of aliphatic hydroxyl groups is 1. The summed E-state index contributed by atoms with van der Waals surface area (Å²) in [6.45, 7) is 7.75. The molecule has 0 aromatic heterocycles. The normalized spacial score (nSPS) is 14.0. The minimum absolute atomic E-state index is 0.0843. The summed E-state index contributed by atoms with van der Waals surface area (Å²) in [4.78, 5) is 27.9. The number of unbranched alkanes of at least 4 members (excludes halogenated alkanes) is 4. The maximum Gasteiger partial charge on any atom is 0.220 e. The Bertz CT molecular complexity index is 1070. The van der Waals surface area contributed by atoms with Crippen LogP contribution in [0.3, 0.4) is 0 Å². The van der Waals surface area contributed by atoms with E-state index in [-0.39, 0.29) is 11.7 Å². The molecule has 2 atom stereocenters. The Hall–Kier alpha value is -3.10. The van der Waals surface area contributed by atoms with Crippen molar-refractivity contribution in [3.8, 4) is 17.2 Å². The van der Waals surface area contributed by atoms with E-state index in [1.807, 2.05) is 18.2 Å². The van der Waals surface area contributed by atoms with Crippen molar-refractivity contribution in [2.75, 3.05) is 40.0 Å². The Balaban J connectivity index is 1.56. The minimum Gasteiger partial charge on any atom is -0.497 e. The highest BCUT2D eigenvalue weighted by atomic mass is 16.6. The van der Waals surface area contributed by atoms with Gasteiger partial charge in [-0.25, -0.2) is 0 Å². The number of hydrogen-bond donors (Lipinski definition) is 2. The number of carbonyl (C=O) groups excluding carboxylic acids is 2. The molecule has 1 amide bonds. The van der Waals surface area contributed by atoms with Crippen LogP contribution in [0.4, 0.5) is 0 Å². The van der Waals surface area contributed by atoms with Gasteiger partial charge in [0.05, 0.1) is 13.2 Å². The number of aliphatic hydroxyl groups excluding tert-OH is 1. The Labute approximate surface area is 245 Å². The van der Waals surface area contributed by atoms with Gasteiger partial charge in [-0.1, -0.05) is 39.2 Å². The molecule has 0 spiro atoms. The van der Waals surface area contributed by atoms with Gasteiger partial charge in [0.1, 0.15) is 25.1 Å². The van der Waals surface area contributed by atoms with Gasteiger partial charge in [-0.2, -0.15) is 0 Å². The largest absolute Gasteiger partial charge is 0.497 e. The Morgan fingerprint density at radius 2 is 1.56 bits per heavy atom. The highest BCUT2D eigenvalue weighted by Gasteiger charge is 2.26. The molecule has 2 N–H and O–H groups in total. The molecule has 0 aliphatic carbocycles. The Kier molecular flexibility index (Phi) is 14.0. The van der Waals surface area contributed by atoms with E-state index >= 15 is 0 Å². The summed E-state index contributed by atoms with van der Waals surface area (Å²) in [6.07, 6.45) is 6.42. The zero-order chi connectivity index (χ0) is 29.5. The van der Waals surface area contributed by atoms with Crippen LogP contribution < -0.4 is 19.5 Å². The summed E-state index contributed by atoms with van der Waals surface area (Å²) in [5.74, 6) is 2.03. The van der Waals surface area contributed by atoms with E-state index in [2.05, 4.69) is 24.1 Å². The molecule has 0 saturated carbocycles. The highest BCUT2D eigenvalue weighted by molar-refractivity contribution is 5.96. The van der Waals surface area contributed by atoms with Gasteiger partial charge in [0, 0.05) is 24.9 Å². The molecule has 226 valence electrons. The average Bonchev–Trinajstić information content (AvgIpc) is 3.01. The predicted octanol–water partition coefficient (Wildman–Crippen LogP) is 5.72. The fourth-order valence-electron chi connectivity index (χ4n) is 4.98. The summed E-state index contributed by atoms with van der Waals surface area (Å²) >= 11 is 0. The molecule has 2 aromatic carbocycles. The Morgan fingerprint density at radius 1 is 0.902 bits per heavy atom. The third-order valence-electron chi connectivity index (χ3n) is 7.47. The van der Waals surface area contributed by atoms with Gasteiger partial charge in [-0.15, -0.1) is 0 Å². The zero-order valence-electron chi connectivity index (χ0n) is 25.0. The van der Waals surface area contributed by atoms with E-state index in [0.717, 1.165) is 57.4 Å². The number of hydrogen-bond acceptors (Lipinski definition) is 7. The van der Waals surface area contributed by atoms with Crippen LogP contribution in [0.15, 0.2) is 42.5 Å². The second kappa shape index (κ2) is 17.7. The van der Waals surface area contributed by atoms with Crippen molar-refractivity contribution in [1.29, 1.82) is 0 Å². The second-order valence-corrected chi connectivity index (χ2v) is 10.7. The fourth-order valence-corrected chi connectivity index (χ4v) is 4.98. The van der Waals surface area contributed by atoms with Crippen molar-refractivity contribution in [2.45, 2.75) is 83.8 Å². The monoisotopic (exact) mass is 568 g/mol. The molecule has 41 heavy (non-hydrogen) atoms. The number of Topliss-reactive ketones (excluding diaryl/α,β-unsaturated/α-hetero) is 1. The van der Waals surface area contributed by atoms with E-state index in [1.165, 1.54) is 0 Å². The fraction of sp³-hybridized carbons (Fsp3) is 0.576. The van der Waals surface area contributed by atoms with Crippen molar-refractivity contribution in [2.24, 2.45) is 0 Å². The number of benzene rings is 2. The molecule has 2 aromatic rings. The molecule has 0 fully saturated rings. The van der Waals surface area contributed by atoms with Gasteiger partial charge in [0.15, 0.2) is 17.3 Å². The van der Waals surface area contributed by atoms with Crippen LogP contribution in [0.5, 0.6) is 17.2 Å². The van der Waals surface area contributed by atoms with Gasteiger partial charge < -0.3 is 29.5 Å². The molecule has 8 heteroatoms. The van der Waals surface area contributed by atoms with Crippen LogP contribution in [-0.4, -0.2) is 67.7 Å². The molecule has 0 radical (unpaired) electrons. The summed E-state index contributed by atoms with van der Waals surface area (Å²) < 4.78 is 16.5. The summed E-state index contributed by atoms with van der Waals surface area (Å²) in [5, 5.41) is 14.6. The molecular weight excluding hydrogens is 520 g/mol. The first-order valence-electron chi connectivity index (χ1n) is 15.2. The van der Waals surface area contributed by atoms with Crippen LogP contribution in [0, 0.1) is 0 Å². The number of amides is 1. The van der Waals surface area contributed by atoms with Crippen LogP contribution in [0.1, 0.15) is 93.7 Å². The predicted molar refractivity (Wildman–Crippen MR) is 161 cm³/mol. The van der Waals surface area contributed by atoms with Crippen LogP contribution >= 0.6 is 0 Å². The first kappa shape index (κ1) is 32.4. The first-order chi connectivity index (χ1) is 19.9. The van der Waals surface area contributed by atoms with E-state index < -0.39 is 12.1 Å². The maximum absolute atomic E-state index is 13.0. The SMILES string of the molecule is CCCCN(CCCC)C[C@@H](NC(=O)CCCCCC(=O)c1ccc(OC)cc1)C(O)c1ccc2c(c1)OCCO2. The van der Waals surface area contributed by atoms with Crippen LogP contribution in [-0.2, 0) is 4.79 Å². The first-order valence-corrected chi connectivity index (χ1v) is 15.2. The third kappa shape index (κ3) is 10.7. The molecule has 1 aliphatic rings. The molecule has 3 rings (SSSR count). The second-order valence-electron chi connectivity index (χ2n) is 10.7. The minimum atomic E-state index is -0.886. The van der Waals surface area contributed by atoms with Gasteiger partial charge in [0.25, 0.3) is 0 Å².